The van der Waals surface area contributed by atoms with Crippen LogP contribution in [-0.2, 0) is 0 Å². The van der Waals surface area contributed by atoms with Crippen LogP contribution in [0.2, 0.25) is 0 Å². The molecule has 3 N–H and O–H groups in total. The Balaban J connectivity index is 0.000000810. The summed E-state index contributed by atoms with van der Waals surface area (Å²) < 4.78 is 0. The van der Waals surface area contributed by atoms with Crippen molar-refractivity contribution in [2.75, 3.05) is 19.6 Å². The number of rotatable bonds is 3. The highest BCUT2D eigenvalue weighted by molar-refractivity contribution is 4.64. The lowest BCUT2D eigenvalue weighted by Crippen LogP contribution is -2.19. The average Bonchev–Trinajstić information content (AvgIpc) is 2.34. The Kier molecular flexibility index (Phi) is 5.64. The van der Waals surface area contributed by atoms with Crippen molar-refractivity contribution in [1.29, 1.82) is 0 Å². The predicted octanol–water partition coefficient (Wildman–Crippen LogP) is 2.04. The minimum absolute atomic E-state index is 0. The summed E-state index contributed by atoms with van der Waals surface area (Å²) in [5, 5.41) is 0. The summed E-state index contributed by atoms with van der Waals surface area (Å²) in [5.74, 6) is 0. The van der Waals surface area contributed by atoms with Gasteiger partial charge in [0.2, 0.25) is 0 Å². The van der Waals surface area contributed by atoms with Gasteiger partial charge in [0.25, 0.3) is 0 Å². The molecule has 0 aromatic heterocycles. The van der Waals surface area contributed by atoms with Crippen molar-refractivity contribution >= 4 is 0 Å². The second-order valence-corrected chi connectivity index (χ2v) is 2.90. The minimum Gasteiger partial charge on any atom is -0.344 e. The molecule has 10 heavy (non-hydrogen) atoms. The lowest BCUT2D eigenvalue weighted by Gasteiger charge is -2.12. The molecule has 0 unspecified atom stereocenters. The van der Waals surface area contributed by atoms with E-state index >= 15 is 0 Å². The van der Waals surface area contributed by atoms with Crippen LogP contribution in [0.15, 0.2) is 0 Å². The molecule has 0 aromatic rings. The summed E-state index contributed by atoms with van der Waals surface area (Å²) in [4.78, 5) is 2.57. The third-order valence-electron chi connectivity index (χ3n) is 2.03. The predicted molar refractivity (Wildman–Crippen MR) is 45.6 cm³/mol. The fourth-order valence-electron chi connectivity index (χ4n) is 1.39. The summed E-state index contributed by atoms with van der Waals surface area (Å²) in [5.41, 5.74) is 0. The van der Waals surface area contributed by atoms with E-state index in [0.29, 0.717) is 0 Å². The fourth-order valence-corrected chi connectivity index (χ4v) is 1.39. The van der Waals surface area contributed by atoms with Crippen LogP contribution in [0.25, 0.3) is 0 Å². The molecule has 1 aliphatic heterocycles. The van der Waals surface area contributed by atoms with E-state index in [1.807, 2.05) is 0 Å². The molecule has 1 fully saturated rings. The van der Waals surface area contributed by atoms with Crippen molar-refractivity contribution in [1.82, 2.24) is 11.1 Å². The van der Waals surface area contributed by atoms with Gasteiger partial charge in [-0.05, 0) is 38.9 Å². The second-order valence-electron chi connectivity index (χ2n) is 2.90. The van der Waals surface area contributed by atoms with E-state index in [1.54, 1.807) is 0 Å². The zero-order chi connectivity index (χ0) is 6.53. The van der Waals surface area contributed by atoms with Gasteiger partial charge >= 0.3 is 0 Å². The highest BCUT2D eigenvalue weighted by atomic mass is 15.1. The molecule has 0 saturated carbocycles. The maximum absolute atomic E-state index is 2.57. The molecule has 1 heterocycles. The lowest BCUT2D eigenvalue weighted by atomic mass is 10.3. The van der Waals surface area contributed by atoms with Crippen LogP contribution in [0.3, 0.4) is 0 Å². The molecule has 2 heteroatoms. The molecule has 1 saturated heterocycles. The van der Waals surface area contributed by atoms with Gasteiger partial charge in [0.05, 0.1) is 0 Å². The van der Waals surface area contributed by atoms with E-state index in [9.17, 15) is 0 Å². The van der Waals surface area contributed by atoms with E-state index in [-0.39, 0.29) is 6.15 Å². The van der Waals surface area contributed by atoms with Gasteiger partial charge in [-0.2, -0.15) is 0 Å². The van der Waals surface area contributed by atoms with Gasteiger partial charge in [-0.15, -0.1) is 0 Å². The zero-order valence-corrected chi connectivity index (χ0v) is 7.10. The average molecular weight is 144 g/mol. The molecule has 0 bridgehead atoms. The third-order valence-corrected chi connectivity index (χ3v) is 2.03. The second kappa shape index (κ2) is 5.69. The van der Waals surface area contributed by atoms with Crippen molar-refractivity contribution in [3.63, 3.8) is 0 Å². The van der Waals surface area contributed by atoms with E-state index in [0.717, 1.165) is 0 Å². The van der Waals surface area contributed by atoms with Crippen LogP contribution < -0.4 is 6.15 Å². The van der Waals surface area contributed by atoms with E-state index in [4.69, 9.17) is 0 Å². The van der Waals surface area contributed by atoms with Gasteiger partial charge in [-0.25, -0.2) is 0 Å². The van der Waals surface area contributed by atoms with E-state index < -0.39 is 0 Å². The van der Waals surface area contributed by atoms with Gasteiger partial charge in [-0.3, -0.25) is 0 Å². The first-order chi connectivity index (χ1) is 4.43. The summed E-state index contributed by atoms with van der Waals surface area (Å²) in [6.07, 6.45) is 5.60. The Bertz CT molecular complexity index is 67.7. The molecular weight excluding hydrogens is 124 g/mol. The molecule has 0 spiro atoms. The number of unbranched alkanes of at least 4 members (excludes halogenated alkanes) is 1. The van der Waals surface area contributed by atoms with Crippen LogP contribution in [0.4, 0.5) is 0 Å². The van der Waals surface area contributed by atoms with Crippen LogP contribution in [0.1, 0.15) is 32.6 Å². The van der Waals surface area contributed by atoms with Crippen molar-refractivity contribution in [2.45, 2.75) is 32.6 Å². The van der Waals surface area contributed by atoms with Crippen molar-refractivity contribution in [3.8, 4) is 0 Å². The molecule has 0 atom stereocenters. The van der Waals surface area contributed by atoms with Crippen molar-refractivity contribution < 1.29 is 0 Å². The Labute approximate surface area is 64.2 Å². The number of nitrogens with zero attached hydrogens (tertiary/aromatic N) is 1. The molecule has 0 aliphatic carbocycles. The van der Waals surface area contributed by atoms with E-state index in [1.165, 1.54) is 45.3 Å². The van der Waals surface area contributed by atoms with Gasteiger partial charge < -0.3 is 11.1 Å². The quantitative estimate of drug-likeness (QED) is 0.658. The number of hydrogen-bond donors (Lipinski definition) is 1. The largest absolute Gasteiger partial charge is 0.344 e. The maximum Gasteiger partial charge on any atom is -0.00183 e. The van der Waals surface area contributed by atoms with Crippen LogP contribution in [-0.4, -0.2) is 24.5 Å². The topological polar surface area (TPSA) is 38.2 Å². The molecule has 2 nitrogen and oxygen atoms in total. The monoisotopic (exact) mass is 144 g/mol. The summed E-state index contributed by atoms with van der Waals surface area (Å²) in [7, 11) is 0. The Hall–Kier alpha value is -0.0800. The normalized spacial score (nSPS) is 18.9. The van der Waals surface area contributed by atoms with Crippen LogP contribution >= 0.6 is 0 Å². The van der Waals surface area contributed by atoms with Crippen LogP contribution in [0.5, 0.6) is 0 Å². The Morgan fingerprint density at radius 2 is 1.80 bits per heavy atom. The first kappa shape index (κ1) is 9.92. The molecule has 0 amide bonds. The standard InChI is InChI=1S/C8H17N.H3N/c1-2-3-6-9-7-4-5-8-9;/h2-8H2,1H3;1H3. The molecule has 0 radical (unpaired) electrons. The van der Waals surface area contributed by atoms with Gasteiger partial charge in [0, 0.05) is 0 Å². The van der Waals surface area contributed by atoms with Crippen molar-refractivity contribution in [3.05, 3.63) is 0 Å². The summed E-state index contributed by atoms with van der Waals surface area (Å²) in [6.45, 7) is 6.33. The molecule has 1 aliphatic rings. The maximum atomic E-state index is 2.57. The fraction of sp³-hybridized carbons (Fsp3) is 1.00. The SMILES string of the molecule is CCCCN1CCCC1.N. The third kappa shape index (κ3) is 3.18. The van der Waals surface area contributed by atoms with E-state index in [2.05, 4.69) is 11.8 Å². The van der Waals surface area contributed by atoms with Gasteiger partial charge in [-0.1, -0.05) is 13.3 Å². The number of hydrogen-bond acceptors (Lipinski definition) is 2. The molecule has 1 rings (SSSR count). The smallest absolute Gasteiger partial charge is 0.00183 e. The Morgan fingerprint density at radius 3 is 2.30 bits per heavy atom. The van der Waals surface area contributed by atoms with Gasteiger partial charge in [0.1, 0.15) is 0 Å². The minimum atomic E-state index is 0. The summed E-state index contributed by atoms with van der Waals surface area (Å²) >= 11 is 0. The highest BCUT2D eigenvalue weighted by Crippen LogP contribution is 2.07. The lowest BCUT2D eigenvalue weighted by molar-refractivity contribution is 0.332. The highest BCUT2D eigenvalue weighted by Gasteiger charge is 2.08. The van der Waals surface area contributed by atoms with Crippen LogP contribution in [0, 0.1) is 0 Å². The summed E-state index contributed by atoms with van der Waals surface area (Å²) in [6, 6.07) is 0. The van der Waals surface area contributed by atoms with Crippen molar-refractivity contribution in [2.24, 2.45) is 0 Å². The molecular formula is C8H20N2. The first-order valence-corrected chi connectivity index (χ1v) is 4.16. The molecule has 62 valence electrons. The molecule has 0 aromatic carbocycles. The first-order valence-electron chi connectivity index (χ1n) is 4.16. The Morgan fingerprint density at radius 1 is 1.20 bits per heavy atom. The van der Waals surface area contributed by atoms with Gasteiger partial charge in [0.15, 0.2) is 0 Å². The number of likely N-dealkylation sites (tertiary alicyclic amines) is 1. The zero-order valence-electron chi connectivity index (χ0n) is 7.10.